The van der Waals surface area contributed by atoms with E-state index in [-0.39, 0.29) is 5.25 Å². The second-order valence-electron chi connectivity index (χ2n) is 3.67. The van der Waals surface area contributed by atoms with Crippen LogP contribution in [0.5, 0.6) is 0 Å². The highest BCUT2D eigenvalue weighted by Crippen LogP contribution is 2.26. The molecule has 6 heteroatoms. The van der Waals surface area contributed by atoms with Crippen LogP contribution in [0.2, 0.25) is 0 Å². The maximum atomic E-state index is 10.9. The van der Waals surface area contributed by atoms with Gasteiger partial charge in [-0.25, -0.2) is 4.98 Å². The molecule has 0 aliphatic rings. The number of thioether (sulfide) groups is 1. The number of aliphatic carboxylic acids is 1. The highest BCUT2D eigenvalue weighted by atomic mass is 32.2. The number of aromatic nitrogens is 1. The molecule has 0 amide bonds. The number of carboxylic acid groups (broad SMARTS) is 1. The maximum Gasteiger partial charge on any atom is 0.316 e. The molecule has 0 saturated heterocycles. The highest BCUT2D eigenvalue weighted by Gasteiger charge is 2.16. The summed E-state index contributed by atoms with van der Waals surface area (Å²) in [4.78, 5) is 16.2. The third-order valence-corrected chi connectivity index (χ3v) is 4.62. The normalized spacial score (nSPS) is 12.5. The van der Waals surface area contributed by atoms with Crippen LogP contribution in [0, 0.1) is 0 Å². The van der Waals surface area contributed by atoms with Crippen molar-refractivity contribution in [2.24, 2.45) is 0 Å². The highest BCUT2D eigenvalue weighted by molar-refractivity contribution is 7.99. The molecule has 0 saturated carbocycles. The zero-order valence-electron chi connectivity index (χ0n) is 9.83. The van der Waals surface area contributed by atoms with Gasteiger partial charge >= 0.3 is 5.97 Å². The van der Waals surface area contributed by atoms with Crippen LogP contribution >= 0.6 is 23.1 Å². The minimum absolute atomic E-state index is 0.383. The van der Waals surface area contributed by atoms with E-state index in [1.54, 1.807) is 17.6 Å². The minimum atomic E-state index is -0.774. The van der Waals surface area contributed by atoms with Gasteiger partial charge in [-0.1, -0.05) is 13.0 Å². The molecule has 2 rings (SSSR count). The Balaban J connectivity index is 1.97. The first-order valence-corrected chi connectivity index (χ1v) is 7.46. The Morgan fingerprint density at radius 3 is 3.11 bits per heavy atom. The van der Waals surface area contributed by atoms with E-state index >= 15 is 0 Å². The average Bonchev–Trinajstić information content (AvgIpc) is 2.99. The molecular formula is C12H13NO3S2. The van der Waals surface area contributed by atoms with E-state index in [9.17, 15) is 4.79 Å². The number of thiophene rings is 1. The van der Waals surface area contributed by atoms with Gasteiger partial charge in [-0.3, -0.25) is 4.79 Å². The van der Waals surface area contributed by atoms with Gasteiger partial charge in [0.25, 0.3) is 0 Å². The number of oxazole rings is 1. The smallest absolute Gasteiger partial charge is 0.316 e. The van der Waals surface area contributed by atoms with E-state index < -0.39 is 5.97 Å². The van der Waals surface area contributed by atoms with Crippen LogP contribution < -0.4 is 0 Å². The van der Waals surface area contributed by atoms with Crippen LogP contribution in [0.25, 0.3) is 10.8 Å². The Morgan fingerprint density at radius 1 is 1.67 bits per heavy atom. The van der Waals surface area contributed by atoms with Crippen molar-refractivity contribution >= 4 is 29.1 Å². The van der Waals surface area contributed by atoms with Crippen molar-refractivity contribution in [3.8, 4) is 10.8 Å². The topological polar surface area (TPSA) is 63.3 Å². The van der Waals surface area contributed by atoms with Crippen LogP contribution in [-0.2, 0) is 10.5 Å². The summed E-state index contributed by atoms with van der Waals surface area (Å²) in [5, 5.41) is 10.5. The lowest BCUT2D eigenvalue weighted by Gasteiger charge is -2.06. The third kappa shape index (κ3) is 3.14. The molecule has 1 unspecified atom stereocenters. The largest absolute Gasteiger partial charge is 0.480 e. The fraction of sp³-hybridized carbons (Fsp3) is 0.333. The minimum Gasteiger partial charge on any atom is -0.480 e. The van der Waals surface area contributed by atoms with E-state index in [0.29, 0.717) is 18.1 Å². The fourth-order valence-corrected chi connectivity index (χ4v) is 2.97. The van der Waals surface area contributed by atoms with Gasteiger partial charge in [0.2, 0.25) is 5.89 Å². The first kappa shape index (κ1) is 13.2. The number of hydrogen-bond acceptors (Lipinski definition) is 5. The second kappa shape index (κ2) is 6.06. The van der Waals surface area contributed by atoms with Gasteiger partial charge in [0.1, 0.15) is 11.5 Å². The molecule has 0 fully saturated rings. The molecule has 96 valence electrons. The van der Waals surface area contributed by atoms with Crippen molar-refractivity contribution in [3.05, 3.63) is 29.5 Å². The molecule has 1 N–H and O–H groups in total. The quantitative estimate of drug-likeness (QED) is 0.879. The van der Waals surface area contributed by atoms with Crippen molar-refractivity contribution in [2.75, 3.05) is 0 Å². The standard InChI is InChI=1S/C12H13NO3S2/c1-2-9(12(14)15)18-7-8-6-16-11(13-8)10-4-3-5-17-10/h3-6,9H,2,7H2,1H3,(H,14,15). The molecule has 1 atom stereocenters. The number of carboxylic acids is 1. The van der Waals surface area contributed by atoms with E-state index in [0.717, 1.165) is 10.6 Å². The number of rotatable bonds is 6. The van der Waals surface area contributed by atoms with Gasteiger partial charge in [0.05, 0.1) is 10.6 Å². The average molecular weight is 283 g/mol. The summed E-state index contributed by atoms with van der Waals surface area (Å²) in [5.41, 5.74) is 0.781. The molecule has 4 nitrogen and oxygen atoms in total. The molecule has 0 bridgehead atoms. The molecule has 2 aromatic rings. The fourth-order valence-electron chi connectivity index (χ4n) is 1.44. The molecule has 0 aromatic carbocycles. The molecule has 0 radical (unpaired) electrons. The zero-order chi connectivity index (χ0) is 13.0. The van der Waals surface area contributed by atoms with Crippen molar-refractivity contribution in [1.29, 1.82) is 0 Å². The number of hydrogen-bond donors (Lipinski definition) is 1. The van der Waals surface area contributed by atoms with E-state index in [4.69, 9.17) is 9.52 Å². The van der Waals surface area contributed by atoms with Gasteiger partial charge in [-0.05, 0) is 17.9 Å². The molecule has 2 aromatic heterocycles. The van der Waals surface area contributed by atoms with E-state index in [1.807, 2.05) is 24.4 Å². The Kier molecular flexibility index (Phi) is 4.43. The Hall–Kier alpha value is -1.27. The van der Waals surface area contributed by atoms with E-state index in [1.165, 1.54) is 11.8 Å². The molecule has 0 aliphatic carbocycles. The molecule has 2 heterocycles. The summed E-state index contributed by atoms with van der Waals surface area (Å²) in [7, 11) is 0. The van der Waals surface area contributed by atoms with Gasteiger partial charge in [0, 0.05) is 5.75 Å². The predicted octanol–water partition coefficient (Wildman–Crippen LogP) is 3.50. The van der Waals surface area contributed by atoms with Crippen molar-refractivity contribution in [3.63, 3.8) is 0 Å². The van der Waals surface area contributed by atoms with Crippen LogP contribution in [-0.4, -0.2) is 21.3 Å². The number of nitrogens with zero attached hydrogens (tertiary/aromatic N) is 1. The van der Waals surface area contributed by atoms with Crippen LogP contribution in [0.4, 0.5) is 0 Å². The van der Waals surface area contributed by atoms with Crippen molar-refractivity contribution < 1.29 is 14.3 Å². The van der Waals surface area contributed by atoms with Crippen molar-refractivity contribution in [2.45, 2.75) is 24.3 Å². The summed E-state index contributed by atoms with van der Waals surface area (Å²) in [6, 6.07) is 3.88. The Bertz CT molecular complexity index is 507. The molecule has 0 aliphatic heterocycles. The SMILES string of the molecule is CCC(SCc1coc(-c2cccs2)n1)C(=O)O. The lowest BCUT2D eigenvalue weighted by atomic mass is 10.3. The zero-order valence-corrected chi connectivity index (χ0v) is 11.5. The second-order valence-corrected chi connectivity index (χ2v) is 5.81. The summed E-state index contributed by atoms with van der Waals surface area (Å²) in [5.74, 6) is 0.383. The van der Waals surface area contributed by atoms with Gasteiger partial charge in [-0.2, -0.15) is 0 Å². The first-order chi connectivity index (χ1) is 8.70. The maximum absolute atomic E-state index is 10.9. The van der Waals surface area contributed by atoms with Crippen LogP contribution in [0.15, 0.2) is 28.2 Å². The summed E-state index contributed by atoms with van der Waals surface area (Å²) in [6.07, 6.45) is 2.20. The van der Waals surface area contributed by atoms with Gasteiger partial charge in [-0.15, -0.1) is 23.1 Å². The van der Waals surface area contributed by atoms with Crippen LogP contribution in [0.1, 0.15) is 19.0 Å². The van der Waals surface area contributed by atoms with Crippen LogP contribution in [0.3, 0.4) is 0 Å². The number of carbonyl (C=O) groups is 1. The first-order valence-electron chi connectivity index (χ1n) is 5.53. The Labute approximate surface area is 113 Å². The molecular weight excluding hydrogens is 270 g/mol. The Morgan fingerprint density at radius 2 is 2.50 bits per heavy atom. The molecule has 0 spiro atoms. The van der Waals surface area contributed by atoms with Gasteiger partial charge < -0.3 is 9.52 Å². The van der Waals surface area contributed by atoms with Gasteiger partial charge in [0.15, 0.2) is 0 Å². The van der Waals surface area contributed by atoms with E-state index in [2.05, 4.69) is 4.98 Å². The lowest BCUT2D eigenvalue weighted by Crippen LogP contribution is -2.15. The van der Waals surface area contributed by atoms with Crippen molar-refractivity contribution in [1.82, 2.24) is 4.98 Å². The summed E-state index contributed by atoms with van der Waals surface area (Å²) in [6.45, 7) is 1.87. The molecule has 18 heavy (non-hydrogen) atoms. The summed E-state index contributed by atoms with van der Waals surface area (Å²) < 4.78 is 5.37. The lowest BCUT2D eigenvalue weighted by molar-refractivity contribution is -0.136. The predicted molar refractivity (Wildman–Crippen MR) is 72.8 cm³/mol. The summed E-state index contributed by atoms with van der Waals surface area (Å²) >= 11 is 2.94. The monoisotopic (exact) mass is 283 g/mol. The third-order valence-electron chi connectivity index (χ3n) is 2.36.